The molecule has 0 spiro atoms. The maximum absolute atomic E-state index is 13.8. The van der Waals surface area contributed by atoms with Gasteiger partial charge in [0, 0.05) is 168 Å². The third-order valence-corrected chi connectivity index (χ3v) is 34.5. The number of benzene rings is 6. The predicted octanol–water partition coefficient (Wildman–Crippen LogP) is 6.33. The Morgan fingerprint density at radius 1 is 0.446 bits per heavy atom. The molecular weight excluding hydrogens is 2050 g/mol. The number of ether oxygens (including phenoxy) is 4. The molecule has 18 rings (SSSR count). The number of fused-ring (bicyclic) bond motifs is 10. The molecule has 148 heavy (non-hydrogen) atoms. The number of phosphoric ester groups is 2. The lowest BCUT2D eigenvalue weighted by Crippen LogP contribution is -2.39. The highest BCUT2D eigenvalue weighted by molar-refractivity contribution is 7.67. The van der Waals surface area contributed by atoms with Gasteiger partial charge in [0.2, 0.25) is 10.7 Å². The normalized spacial score (nSPS) is 19.9. The van der Waals surface area contributed by atoms with Crippen LogP contribution in [0.5, 0.6) is 23.0 Å². The SMILES string of the molecule is CCN1CCCc2cc3c(cc21)Oc1cc2c(cc1=C3c1cc(C(=O)NCCCCCCNc3ncnc4c3ncn4[C@H]3C[C@H](O)[C@@H](COP(=O)(O)OP(=O)(O)OP(=O)(O)O)O3)ccc1C(=O)[O-])CCC[N+]=2CC.CCN1CCCc2cc3c(cc21)Oc1cc2c(cc1=C3c1ccc(C(=O)NCCCCCCNc3ncnc4c3ncn4[C@H]3C[C@H](O)[C@@H](COP(=O)(O)OP(=O)(O)OP(=O)(O)O)O3)cc1C(=O)[O-])CCC[N+]=2CC. The summed E-state index contributed by atoms with van der Waals surface area (Å²) in [6, 6.07) is 26.3. The number of carbonyl (C=O) groups is 4. The summed E-state index contributed by atoms with van der Waals surface area (Å²) < 4.78 is 126. The number of anilines is 4. The minimum atomic E-state index is -5.73. The largest absolute Gasteiger partial charge is 0.545 e. The second-order valence-corrected chi connectivity index (χ2v) is 45.5. The number of carbonyl (C=O) groups excluding carboxylic acids is 4. The first-order valence-electron chi connectivity index (χ1n) is 48.8. The van der Waals surface area contributed by atoms with E-state index in [1.54, 1.807) is 18.2 Å². The molecule has 8 aliphatic heterocycles. The van der Waals surface area contributed by atoms with E-state index in [0.717, 1.165) is 203 Å². The van der Waals surface area contributed by atoms with Crippen LogP contribution in [0.2, 0.25) is 0 Å². The number of aromatic nitrogens is 8. The number of aryl methyl sites for hydroxylation is 4. The molecule has 12 heterocycles. The number of unbranched alkanes of at least 4 members (excludes halogenated alkanes) is 6. The second kappa shape index (κ2) is 45.7. The molecule has 10 atom stereocenters. The molecule has 48 nitrogen and oxygen atoms in total. The minimum Gasteiger partial charge on any atom is -0.545 e. The molecule has 2 saturated heterocycles. The van der Waals surface area contributed by atoms with Crippen LogP contribution in [0.1, 0.15) is 216 Å². The van der Waals surface area contributed by atoms with Crippen LogP contribution in [-0.4, -0.2) is 228 Å². The zero-order valence-electron chi connectivity index (χ0n) is 81.0. The summed E-state index contributed by atoms with van der Waals surface area (Å²) in [6.45, 7) is 15.8. The fourth-order valence-electron chi connectivity index (χ4n) is 20.1. The quantitative estimate of drug-likeness (QED) is 0.0113. The van der Waals surface area contributed by atoms with Crippen molar-refractivity contribution in [1.29, 1.82) is 0 Å². The van der Waals surface area contributed by atoms with Crippen molar-refractivity contribution in [3.63, 3.8) is 0 Å². The Morgan fingerprint density at radius 3 is 1.29 bits per heavy atom. The Morgan fingerprint density at radius 2 is 0.865 bits per heavy atom. The van der Waals surface area contributed by atoms with Crippen molar-refractivity contribution >= 4 is 127 Å². The number of aromatic carboxylic acids is 2. The van der Waals surface area contributed by atoms with Crippen LogP contribution in [0, 0.1) is 0 Å². The molecule has 10 aromatic rings. The van der Waals surface area contributed by atoms with Gasteiger partial charge < -0.3 is 119 Å². The van der Waals surface area contributed by atoms with Crippen LogP contribution in [-0.2, 0) is 88.8 Å². The Kier molecular flexibility index (Phi) is 33.5. The van der Waals surface area contributed by atoms with Crippen LogP contribution in [0.4, 0.5) is 23.0 Å². The first-order valence-corrected chi connectivity index (χ1v) is 57.8. The van der Waals surface area contributed by atoms with Gasteiger partial charge in [0.15, 0.2) is 34.0 Å². The number of imidazole rings is 2. The molecule has 0 aliphatic carbocycles. The summed E-state index contributed by atoms with van der Waals surface area (Å²) in [5.74, 6) is -0.00902. The molecule has 14 N–H and O–H groups in total. The molecule has 8 aliphatic rings. The lowest BCUT2D eigenvalue weighted by Gasteiger charge is -2.33. The predicted molar refractivity (Wildman–Crippen MR) is 529 cm³/mol. The van der Waals surface area contributed by atoms with Crippen molar-refractivity contribution < 1.29 is 151 Å². The van der Waals surface area contributed by atoms with E-state index in [0.29, 0.717) is 118 Å². The number of nitrogens with one attached hydrogen (secondary N) is 4. The van der Waals surface area contributed by atoms with Crippen molar-refractivity contribution in [2.24, 2.45) is 0 Å². The van der Waals surface area contributed by atoms with Gasteiger partial charge in [-0.05, 0) is 163 Å². The summed E-state index contributed by atoms with van der Waals surface area (Å²) in [5, 5.41) is 63.4. The van der Waals surface area contributed by atoms with Gasteiger partial charge in [0.05, 0.1) is 62.1 Å². The van der Waals surface area contributed by atoms with E-state index in [9.17, 15) is 86.6 Å². The molecule has 0 saturated carbocycles. The van der Waals surface area contributed by atoms with E-state index in [4.69, 9.17) is 38.5 Å². The molecule has 4 unspecified atom stereocenters. The van der Waals surface area contributed by atoms with E-state index in [2.05, 4.69) is 173 Å². The Balaban J connectivity index is 0.000000202. The van der Waals surface area contributed by atoms with Gasteiger partial charge in [-0.3, -0.25) is 27.8 Å². The third-order valence-electron chi connectivity index (χ3n) is 26.9. The molecule has 4 aromatic heterocycles. The molecule has 2 amide bonds. The van der Waals surface area contributed by atoms with Crippen LogP contribution in [0.3, 0.4) is 0 Å². The minimum absolute atomic E-state index is 0.0180. The van der Waals surface area contributed by atoms with Crippen LogP contribution >= 0.6 is 46.9 Å². The molecule has 0 bridgehead atoms. The number of nitrogens with zero attached hydrogens (tertiary/aromatic N) is 12. The molecule has 0 radical (unpaired) electrons. The van der Waals surface area contributed by atoms with Gasteiger partial charge in [0.1, 0.15) is 86.5 Å². The average molecular weight is 2170 g/mol. The summed E-state index contributed by atoms with van der Waals surface area (Å²) in [6.07, 6.45) is 12.1. The first kappa shape index (κ1) is 108. The topological polar surface area (TPSA) is 659 Å². The molecule has 6 aromatic carbocycles. The van der Waals surface area contributed by atoms with Gasteiger partial charge in [-0.25, -0.2) is 66.4 Å². The van der Waals surface area contributed by atoms with E-state index in [1.165, 1.54) is 63.8 Å². The Bertz CT molecular complexity index is 7410. The summed E-state index contributed by atoms with van der Waals surface area (Å²) in [7, 11) is -33.5. The summed E-state index contributed by atoms with van der Waals surface area (Å²) >= 11 is 0. The van der Waals surface area contributed by atoms with Crippen molar-refractivity contribution in [1.82, 2.24) is 58.8 Å². The van der Waals surface area contributed by atoms with Crippen molar-refractivity contribution in [3.8, 4) is 23.0 Å². The van der Waals surface area contributed by atoms with E-state index >= 15 is 0 Å². The maximum atomic E-state index is 13.8. The molecule has 54 heteroatoms. The number of hydrogen-bond acceptors (Lipinski definition) is 34. The number of rotatable bonds is 42. The van der Waals surface area contributed by atoms with Gasteiger partial charge in [0.25, 0.3) is 11.8 Å². The smallest absolute Gasteiger partial charge is 0.490 e. The first-order chi connectivity index (χ1) is 70.6. The highest BCUT2D eigenvalue weighted by atomic mass is 31.3. The van der Waals surface area contributed by atoms with Crippen LogP contribution < -0.4 is 81.1 Å². The van der Waals surface area contributed by atoms with E-state index < -0.39 is 115 Å². The van der Waals surface area contributed by atoms with Gasteiger partial charge in [-0.2, -0.15) is 17.2 Å². The number of amides is 2. The van der Waals surface area contributed by atoms with Crippen LogP contribution in [0.25, 0.3) is 33.5 Å². The zero-order chi connectivity index (χ0) is 105. The van der Waals surface area contributed by atoms with Crippen molar-refractivity contribution in [2.45, 2.75) is 180 Å². The number of aliphatic hydroxyl groups is 2. The zero-order valence-corrected chi connectivity index (χ0v) is 86.4. The van der Waals surface area contributed by atoms with E-state index in [-0.39, 0.29) is 35.4 Å². The fraction of sp³-hybridized carbons (Fsp3) is 0.447. The Hall–Kier alpha value is -10.9. The average Bonchev–Trinajstić information content (AvgIpc) is 0.870. The molecule has 2 fully saturated rings. The standard InChI is InChI=1S/2C47H57N8O16P3/c1-3-53-17-9-11-28-19-33-38(22-35(28)53)68-39-23-36-29(12-10-18-54(36)4-2)20-34(39)42(33)32-21-30(13-14-31(32)47(58)59)46(57)49-16-8-6-5-7-15-48-44-43-45(51-26-50-44)55(27-52-43)41-24-37(56)40(69-41)25-67-73(63,64)71-74(65,66)70-72(60,61)62;1-3-53-17-9-11-28-19-33-38(22-35(28)53)68-39-23-36-29(12-10-18-54(36)4-2)20-34(39)42(33)31-14-13-30(21-32(31)47(58)59)46(57)49-16-8-6-5-7-15-48-44-43-45(51-26-50-44)55(27-52-43)41-24-37(56)40(69-41)25-67-73(63,64)71-74(65,66)70-72(60,61)62/h2*13-14,19-23,26-27,37,40-41,56H,3-12,15-18,24-25H2,1-2H3,(H6-,48,49,50,51,57,58,59,60,61,62,63,64,65,66)/t2*37-,40+,41+/m00/s1. The number of phosphoric acid groups is 6. The summed E-state index contributed by atoms with van der Waals surface area (Å²) in [5.41, 5.74) is 12.7. The summed E-state index contributed by atoms with van der Waals surface area (Å²) in [4.78, 5) is 157. The van der Waals surface area contributed by atoms with Gasteiger partial charge in [-0.15, -0.1) is 0 Å². The highest BCUT2D eigenvalue weighted by Crippen LogP contribution is 2.68. The highest BCUT2D eigenvalue weighted by Gasteiger charge is 2.47. The molecule has 792 valence electrons. The van der Waals surface area contributed by atoms with Crippen molar-refractivity contribution in [3.05, 3.63) is 198 Å². The van der Waals surface area contributed by atoms with Crippen molar-refractivity contribution in [2.75, 3.05) is 112 Å². The second-order valence-electron chi connectivity index (χ2n) is 36.6. The monoisotopic (exact) mass is 2160 g/mol. The third kappa shape index (κ3) is 25.1. The number of aliphatic hydroxyl groups excluding tert-OH is 2. The number of carboxylic acid groups (broad SMARTS) is 2. The number of carboxylic acids is 2. The lowest BCUT2D eigenvalue weighted by atomic mass is 9.85. The van der Waals surface area contributed by atoms with Crippen LogP contribution in [0.15, 0.2) is 110 Å². The maximum Gasteiger partial charge on any atom is 0.490 e. The molecular formula is C94H114N16O32P6. The lowest BCUT2D eigenvalue weighted by molar-refractivity contribution is -0.256. The van der Waals surface area contributed by atoms with Gasteiger partial charge >= 0.3 is 46.9 Å². The van der Waals surface area contributed by atoms with Gasteiger partial charge in [-0.1, -0.05) is 37.8 Å². The van der Waals surface area contributed by atoms with E-state index in [1.807, 2.05) is 0 Å². The Labute approximate surface area is 846 Å². The fourth-order valence-corrected chi connectivity index (χ4v) is 26.1. The number of hydrogen-bond donors (Lipinski definition) is 14.